The quantitative estimate of drug-likeness (QED) is 0.513. The van der Waals surface area contributed by atoms with Crippen molar-refractivity contribution in [3.8, 4) is 0 Å². The zero-order chi connectivity index (χ0) is 16.4. The number of nitrogens with zero attached hydrogens (tertiary/aromatic N) is 1. The van der Waals surface area contributed by atoms with Crippen molar-refractivity contribution in [2.24, 2.45) is 0 Å². The first-order valence-corrected chi connectivity index (χ1v) is 8.00. The lowest BCUT2D eigenvalue weighted by Crippen LogP contribution is -2.31. The van der Waals surface area contributed by atoms with Crippen molar-refractivity contribution < 1.29 is 9.18 Å². The molecule has 118 valence electrons. The Bertz CT molecular complexity index is 834. The standard InChI is InChI=1S/C16H14FN3O2S/c1-2-6-23-16-19-14-13(15(22)20-16)11(8-12(21)18-14)9-4-3-5-10(17)7-9/h2-5,7,11H,1,6,8H2,(H2,18,19,20,21,22)/t11-/m1/s1. The second-order valence-corrected chi connectivity index (χ2v) is 6.10. The van der Waals surface area contributed by atoms with E-state index in [1.54, 1.807) is 18.2 Å². The molecule has 7 heteroatoms. The number of aromatic nitrogens is 2. The summed E-state index contributed by atoms with van der Waals surface area (Å²) in [5, 5.41) is 3.04. The molecule has 0 aliphatic carbocycles. The molecule has 1 aromatic heterocycles. The summed E-state index contributed by atoms with van der Waals surface area (Å²) in [5.41, 5.74) is 0.619. The first-order valence-electron chi connectivity index (χ1n) is 7.01. The van der Waals surface area contributed by atoms with E-state index in [4.69, 9.17) is 0 Å². The van der Waals surface area contributed by atoms with E-state index in [1.807, 2.05) is 0 Å². The van der Waals surface area contributed by atoms with Crippen molar-refractivity contribution in [1.29, 1.82) is 0 Å². The summed E-state index contributed by atoms with van der Waals surface area (Å²) in [6.45, 7) is 3.61. The largest absolute Gasteiger partial charge is 0.310 e. The van der Waals surface area contributed by atoms with E-state index in [1.165, 1.54) is 23.9 Å². The van der Waals surface area contributed by atoms with Crippen molar-refractivity contribution in [3.05, 3.63) is 64.2 Å². The first kappa shape index (κ1) is 15.5. The molecule has 0 fully saturated rings. The van der Waals surface area contributed by atoms with E-state index >= 15 is 0 Å². The fourth-order valence-electron chi connectivity index (χ4n) is 2.56. The fourth-order valence-corrected chi connectivity index (χ4v) is 3.16. The molecule has 2 heterocycles. The van der Waals surface area contributed by atoms with Gasteiger partial charge in [-0.05, 0) is 17.7 Å². The normalized spacial score (nSPS) is 16.6. The minimum absolute atomic E-state index is 0.0837. The van der Waals surface area contributed by atoms with Gasteiger partial charge in [-0.15, -0.1) is 6.58 Å². The highest BCUT2D eigenvalue weighted by Crippen LogP contribution is 2.34. The van der Waals surface area contributed by atoms with Gasteiger partial charge in [-0.3, -0.25) is 9.59 Å². The van der Waals surface area contributed by atoms with Crippen LogP contribution in [0.4, 0.5) is 10.2 Å². The van der Waals surface area contributed by atoms with Gasteiger partial charge in [0.2, 0.25) is 5.91 Å². The Balaban J connectivity index is 2.08. The predicted octanol–water partition coefficient (Wildman–Crippen LogP) is 2.66. The van der Waals surface area contributed by atoms with E-state index in [0.717, 1.165) is 0 Å². The molecule has 1 amide bonds. The highest BCUT2D eigenvalue weighted by atomic mass is 32.2. The predicted molar refractivity (Wildman–Crippen MR) is 87.3 cm³/mol. The molecular formula is C16H14FN3O2S. The Morgan fingerprint density at radius 3 is 3.00 bits per heavy atom. The van der Waals surface area contributed by atoms with Crippen LogP contribution in [0.15, 0.2) is 46.9 Å². The molecule has 0 radical (unpaired) electrons. The molecule has 1 aliphatic heterocycles. The molecule has 0 saturated carbocycles. The summed E-state index contributed by atoms with van der Waals surface area (Å²) in [6, 6.07) is 5.93. The first-order chi connectivity index (χ1) is 11.1. The number of carbonyl (C=O) groups is 1. The molecule has 0 spiro atoms. The lowest BCUT2D eigenvalue weighted by Gasteiger charge is -2.24. The molecule has 1 aromatic carbocycles. The van der Waals surface area contributed by atoms with Crippen LogP contribution in [0, 0.1) is 5.82 Å². The molecule has 1 aliphatic rings. The number of aromatic amines is 1. The summed E-state index contributed by atoms with van der Waals surface area (Å²) < 4.78 is 13.5. The van der Waals surface area contributed by atoms with Gasteiger partial charge < -0.3 is 10.3 Å². The Morgan fingerprint density at radius 2 is 2.26 bits per heavy atom. The van der Waals surface area contributed by atoms with Crippen LogP contribution in [0.5, 0.6) is 0 Å². The highest BCUT2D eigenvalue weighted by molar-refractivity contribution is 7.99. The van der Waals surface area contributed by atoms with E-state index < -0.39 is 11.7 Å². The molecule has 0 unspecified atom stereocenters. The average molecular weight is 331 g/mol. The number of nitrogens with one attached hydrogen (secondary N) is 2. The van der Waals surface area contributed by atoms with Crippen LogP contribution in [-0.4, -0.2) is 21.6 Å². The molecule has 5 nitrogen and oxygen atoms in total. The van der Waals surface area contributed by atoms with Crippen LogP contribution in [-0.2, 0) is 4.79 Å². The van der Waals surface area contributed by atoms with Crippen molar-refractivity contribution >= 4 is 23.5 Å². The Morgan fingerprint density at radius 1 is 1.43 bits per heavy atom. The molecular weight excluding hydrogens is 317 g/mol. The van der Waals surface area contributed by atoms with Gasteiger partial charge in [-0.25, -0.2) is 9.37 Å². The third-order valence-electron chi connectivity index (χ3n) is 3.52. The number of anilines is 1. The van der Waals surface area contributed by atoms with Gasteiger partial charge in [-0.2, -0.15) is 0 Å². The van der Waals surface area contributed by atoms with Crippen molar-refractivity contribution in [2.45, 2.75) is 17.5 Å². The maximum atomic E-state index is 13.5. The lowest BCUT2D eigenvalue weighted by molar-refractivity contribution is -0.116. The summed E-state index contributed by atoms with van der Waals surface area (Å²) in [6.07, 6.45) is 1.78. The maximum Gasteiger partial charge on any atom is 0.257 e. The number of carbonyl (C=O) groups excluding carboxylic acids is 1. The van der Waals surface area contributed by atoms with Gasteiger partial charge in [-0.1, -0.05) is 30.0 Å². The Labute approximate surface area is 136 Å². The van der Waals surface area contributed by atoms with Crippen LogP contribution in [0.2, 0.25) is 0 Å². The number of fused-ring (bicyclic) bond motifs is 1. The van der Waals surface area contributed by atoms with Crippen LogP contribution >= 0.6 is 11.8 Å². The SMILES string of the molecule is C=CCSc1nc2c(c(=O)[nH]1)[C@@H](c1cccc(F)c1)CC(=O)N2. The number of halogens is 1. The molecule has 3 rings (SSSR count). The summed E-state index contributed by atoms with van der Waals surface area (Å²) in [7, 11) is 0. The second-order valence-electron chi connectivity index (χ2n) is 5.09. The molecule has 0 saturated heterocycles. The number of hydrogen-bond acceptors (Lipinski definition) is 4. The van der Waals surface area contributed by atoms with Crippen LogP contribution in [0.3, 0.4) is 0 Å². The molecule has 2 N–H and O–H groups in total. The second kappa shape index (κ2) is 6.37. The van der Waals surface area contributed by atoms with Crippen LogP contribution in [0.1, 0.15) is 23.5 Å². The van der Waals surface area contributed by atoms with Gasteiger partial charge in [0.25, 0.3) is 5.56 Å². The fraction of sp³-hybridized carbons (Fsp3) is 0.188. The van der Waals surface area contributed by atoms with Crippen molar-refractivity contribution in [2.75, 3.05) is 11.1 Å². The zero-order valence-electron chi connectivity index (χ0n) is 12.1. The number of H-pyrrole nitrogens is 1. The number of hydrogen-bond donors (Lipinski definition) is 2. The van der Waals surface area contributed by atoms with Gasteiger partial charge in [0, 0.05) is 18.1 Å². The molecule has 2 aromatic rings. The van der Waals surface area contributed by atoms with Crippen molar-refractivity contribution in [3.63, 3.8) is 0 Å². The van der Waals surface area contributed by atoms with Crippen LogP contribution < -0.4 is 10.9 Å². The molecule has 0 bridgehead atoms. The third-order valence-corrected chi connectivity index (χ3v) is 4.39. The summed E-state index contributed by atoms with van der Waals surface area (Å²) in [5.74, 6) is -0.333. The maximum absolute atomic E-state index is 13.5. The number of benzene rings is 1. The third kappa shape index (κ3) is 3.19. The number of thioether (sulfide) groups is 1. The topological polar surface area (TPSA) is 74.8 Å². The highest BCUT2D eigenvalue weighted by Gasteiger charge is 2.31. The van der Waals surface area contributed by atoms with E-state index in [0.29, 0.717) is 22.0 Å². The van der Waals surface area contributed by atoms with E-state index in [2.05, 4.69) is 21.9 Å². The van der Waals surface area contributed by atoms with Gasteiger partial charge in [0.1, 0.15) is 11.6 Å². The summed E-state index contributed by atoms with van der Waals surface area (Å²) >= 11 is 1.31. The minimum atomic E-state index is -0.510. The van der Waals surface area contributed by atoms with Gasteiger partial charge in [0.05, 0.1) is 5.56 Å². The Kier molecular flexibility index (Phi) is 4.29. The smallest absolute Gasteiger partial charge is 0.257 e. The number of amides is 1. The van der Waals surface area contributed by atoms with Crippen LogP contribution in [0.25, 0.3) is 0 Å². The van der Waals surface area contributed by atoms with E-state index in [9.17, 15) is 14.0 Å². The van der Waals surface area contributed by atoms with E-state index in [-0.39, 0.29) is 23.7 Å². The zero-order valence-corrected chi connectivity index (χ0v) is 13.0. The number of rotatable bonds is 4. The average Bonchev–Trinajstić information content (AvgIpc) is 2.51. The van der Waals surface area contributed by atoms with Gasteiger partial charge >= 0.3 is 0 Å². The monoisotopic (exact) mass is 331 g/mol. The molecule has 23 heavy (non-hydrogen) atoms. The van der Waals surface area contributed by atoms with Gasteiger partial charge in [0.15, 0.2) is 5.16 Å². The Hall–Kier alpha value is -2.41. The minimum Gasteiger partial charge on any atom is -0.310 e. The van der Waals surface area contributed by atoms with Crippen molar-refractivity contribution in [1.82, 2.24) is 9.97 Å². The lowest BCUT2D eigenvalue weighted by atomic mass is 9.87. The molecule has 1 atom stereocenters. The summed E-state index contributed by atoms with van der Waals surface area (Å²) in [4.78, 5) is 31.4.